The molecule has 2 aliphatic heterocycles. The first-order valence-corrected chi connectivity index (χ1v) is 8.26. The smallest absolute Gasteiger partial charge is 0.223 e. The number of hydrogen-bond donors (Lipinski definition) is 1. The maximum atomic E-state index is 12.6. The molecule has 0 aromatic carbocycles. The summed E-state index contributed by atoms with van der Waals surface area (Å²) in [5.74, 6) is 0.324. The first-order valence-electron chi connectivity index (χ1n) is 8.26. The summed E-state index contributed by atoms with van der Waals surface area (Å²) < 4.78 is 0. The van der Waals surface area contributed by atoms with Crippen LogP contribution in [-0.2, 0) is 11.2 Å². The number of aromatic nitrogens is 1. The zero-order valence-electron chi connectivity index (χ0n) is 12.6. The number of amides is 1. The highest BCUT2D eigenvalue weighted by molar-refractivity contribution is 5.77. The molecule has 21 heavy (non-hydrogen) atoms. The summed E-state index contributed by atoms with van der Waals surface area (Å²) in [5.41, 5.74) is 1.20. The van der Waals surface area contributed by atoms with Crippen molar-refractivity contribution < 1.29 is 4.79 Å². The van der Waals surface area contributed by atoms with Crippen LogP contribution in [0, 0.1) is 0 Å². The molecule has 2 saturated heterocycles. The van der Waals surface area contributed by atoms with Crippen LogP contribution >= 0.6 is 0 Å². The van der Waals surface area contributed by atoms with Crippen LogP contribution in [0.3, 0.4) is 0 Å². The van der Waals surface area contributed by atoms with Crippen LogP contribution in [0.25, 0.3) is 0 Å². The van der Waals surface area contributed by atoms with E-state index < -0.39 is 0 Å². The van der Waals surface area contributed by atoms with Gasteiger partial charge in [-0.1, -0.05) is 0 Å². The molecule has 1 aromatic rings. The first-order chi connectivity index (χ1) is 10.3. The van der Waals surface area contributed by atoms with Gasteiger partial charge in [0, 0.05) is 37.4 Å². The second-order valence-corrected chi connectivity index (χ2v) is 6.21. The minimum Gasteiger partial charge on any atom is -0.338 e. The second kappa shape index (κ2) is 7.03. The van der Waals surface area contributed by atoms with E-state index >= 15 is 0 Å². The van der Waals surface area contributed by atoms with Crippen molar-refractivity contribution >= 4 is 5.91 Å². The predicted octanol–water partition coefficient (Wildman–Crippen LogP) is 2.15. The Kier molecular flexibility index (Phi) is 4.86. The molecule has 1 amide bonds. The molecule has 0 bridgehead atoms. The summed E-state index contributed by atoms with van der Waals surface area (Å²) in [7, 11) is 0. The molecule has 3 heterocycles. The molecule has 1 N–H and O–H groups in total. The molecule has 0 spiro atoms. The van der Waals surface area contributed by atoms with Crippen molar-refractivity contribution in [1.29, 1.82) is 0 Å². The van der Waals surface area contributed by atoms with E-state index in [4.69, 9.17) is 0 Å². The van der Waals surface area contributed by atoms with E-state index in [0.29, 0.717) is 24.4 Å². The zero-order valence-corrected chi connectivity index (χ0v) is 12.6. The molecule has 114 valence electrons. The Hall–Kier alpha value is -1.42. The van der Waals surface area contributed by atoms with E-state index in [0.717, 1.165) is 25.9 Å². The van der Waals surface area contributed by atoms with Gasteiger partial charge in [0.05, 0.1) is 0 Å². The summed E-state index contributed by atoms with van der Waals surface area (Å²) in [6, 6.07) is 4.94. The van der Waals surface area contributed by atoms with E-state index in [1.807, 2.05) is 12.1 Å². The van der Waals surface area contributed by atoms with Gasteiger partial charge in [0.15, 0.2) is 0 Å². The Morgan fingerprint density at radius 2 is 2.10 bits per heavy atom. The molecule has 4 nitrogen and oxygen atoms in total. The summed E-state index contributed by atoms with van der Waals surface area (Å²) in [4.78, 5) is 18.8. The minimum absolute atomic E-state index is 0.324. The van der Waals surface area contributed by atoms with Gasteiger partial charge in [-0.15, -0.1) is 0 Å². The molecule has 0 saturated carbocycles. The lowest BCUT2D eigenvalue weighted by Crippen LogP contribution is -2.52. The lowest BCUT2D eigenvalue weighted by Gasteiger charge is -2.39. The number of aryl methyl sites for hydroxylation is 1. The van der Waals surface area contributed by atoms with Crippen LogP contribution in [0.1, 0.15) is 44.1 Å². The average Bonchev–Trinajstić information content (AvgIpc) is 3.08. The van der Waals surface area contributed by atoms with E-state index in [1.54, 1.807) is 12.4 Å². The number of pyridine rings is 1. The van der Waals surface area contributed by atoms with Crippen molar-refractivity contribution in [1.82, 2.24) is 15.2 Å². The van der Waals surface area contributed by atoms with Gasteiger partial charge >= 0.3 is 0 Å². The molecule has 2 unspecified atom stereocenters. The largest absolute Gasteiger partial charge is 0.338 e. The minimum atomic E-state index is 0.324. The molecule has 0 aliphatic carbocycles. The Morgan fingerprint density at radius 1 is 1.24 bits per heavy atom. The van der Waals surface area contributed by atoms with Crippen molar-refractivity contribution in [3.63, 3.8) is 0 Å². The quantitative estimate of drug-likeness (QED) is 0.923. The summed E-state index contributed by atoms with van der Waals surface area (Å²) in [6.45, 7) is 2.05. The number of rotatable bonds is 4. The van der Waals surface area contributed by atoms with E-state index in [9.17, 15) is 4.79 Å². The van der Waals surface area contributed by atoms with Gasteiger partial charge in [-0.2, -0.15) is 0 Å². The van der Waals surface area contributed by atoms with Crippen LogP contribution in [0.2, 0.25) is 0 Å². The van der Waals surface area contributed by atoms with Crippen LogP contribution in [-0.4, -0.2) is 41.0 Å². The number of piperidine rings is 1. The molecular weight excluding hydrogens is 262 g/mol. The molecule has 1 aromatic heterocycles. The maximum Gasteiger partial charge on any atom is 0.223 e. The van der Waals surface area contributed by atoms with Crippen molar-refractivity contribution in [2.24, 2.45) is 0 Å². The maximum absolute atomic E-state index is 12.6. The number of nitrogens with one attached hydrogen (secondary N) is 1. The molecule has 0 radical (unpaired) electrons. The normalized spacial score (nSPS) is 26.0. The highest BCUT2D eigenvalue weighted by Crippen LogP contribution is 2.25. The molecule has 2 atom stereocenters. The first kappa shape index (κ1) is 14.5. The van der Waals surface area contributed by atoms with Gasteiger partial charge in [0.25, 0.3) is 0 Å². The van der Waals surface area contributed by atoms with Gasteiger partial charge in [-0.05, 0) is 62.8 Å². The number of carbonyl (C=O) groups excluding carboxylic acids is 1. The third-order valence-corrected chi connectivity index (χ3v) is 4.81. The van der Waals surface area contributed by atoms with Gasteiger partial charge in [-0.25, -0.2) is 0 Å². The Labute approximate surface area is 126 Å². The molecule has 2 aliphatic rings. The van der Waals surface area contributed by atoms with Crippen LogP contribution in [0.4, 0.5) is 0 Å². The van der Waals surface area contributed by atoms with Gasteiger partial charge in [0.2, 0.25) is 5.91 Å². The fourth-order valence-corrected chi connectivity index (χ4v) is 3.67. The highest BCUT2D eigenvalue weighted by Gasteiger charge is 2.33. The van der Waals surface area contributed by atoms with Gasteiger partial charge < -0.3 is 10.2 Å². The Balaban J connectivity index is 1.58. The Bertz CT molecular complexity index is 456. The van der Waals surface area contributed by atoms with Crippen molar-refractivity contribution in [2.45, 2.75) is 57.0 Å². The fourth-order valence-electron chi connectivity index (χ4n) is 3.67. The summed E-state index contributed by atoms with van der Waals surface area (Å²) in [6.07, 6.45) is 11.1. The van der Waals surface area contributed by atoms with E-state index in [-0.39, 0.29) is 0 Å². The zero-order chi connectivity index (χ0) is 14.5. The molecule has 4 heteroatoms. The molecule has 3 rings (SSSR count). The van der Waals surface area contributed by atoms with Crippen LogP contribution in [0.5, 0.6) is 0 Å². The summed E-state index contributed by atoms with van der Waals surface area (Å²) in [5, 5.41) is 3.58. The Morgan fingerprint density at radius 3 is 2.86 bits per heavy atom. The fraction of sp³-hybridized carbons (Fsp3) is 0.647. The highest BCUT2D eigenvalue weighted by atomic mass is 16.2. The monoisotopic (exact) mass is 287 g/mol. The van der Waals surface area contributed by atoms with Gasteiger partial charge in [-0.3, -0.25) is 9.78 Å². The van der Waals surface area contributed by atoms with E-state index in [2.05, 4.69) is 15.2 Å². The number of carbonyl (C=O) groups is 1. The lowest BCUT2D eigenvalue weighted by atomic mass is 9.94. The third kappa shape index (κ3) is 3.62. The number of nitrogens with zero attached hydrogens (tertiary/aromatic N) is 2. The van der Waals surface area contributed by atoms with Crippen molar-refractivity contribution in [3.05, 3.63) is 30.1 Å². The standard InChI is InChI=1S/C17H25N3O/c21-17(7-6-14-8-11-18-12-9-14)20-13-2-1-5-16(20)15-4-3-10-19-15/h8-9,11-12,15-16,19H,1-7,10,13H2. The summed E-state index contributed by atoms with van der Waals surface area (Å²) >= 11 is 0. The number of hydrogen-bond acceptors (Lipinski definition) is 3. The molecule has 2 fully saturated rings. The lowest BCUT2D eigenvalue weighted by molar-refractivity contribution is -0.135. The molecular formula is C17H25N3O. The third-order valence-electron chi connectivity index (χ3n) is 4.81. The number of likely N-dealkylation sites (tertiary alicyclic amines) is 1. The topological polar surface area (TPSA) is 45.2 Å². The predicted molar refractivity (Wildman–Crippen MR) is 82.9 cm³/mol. The van der Waals surface area contributed by atoms with Crippen molar-refractivity contribution in [3.8, 4) is 0 Å². The van der Waals surface area contributed by atoms with Crippen LogP contribution in [0.15, 0.2) is 24.5 Å². The average molecular weight is 287 g/mol. The van der Waals surface area contributed by atoms with Crippen LogP contribution < -0.4 is 5.32 Å². The van der Waals surface area contributed by atoms with E-state index in [1.165, 1.54) is 31.2 Å². The van der Waals surface area contributed by atoms with Gasteiger partial charge in [0.1, 0.15) is 0 Å². The van der Waals surface area contributed by atoms with Crippen molar-refractivity contribution in [2.75, 3.05) is 13.1 Å². The second-order valence-electron chi connectivity index (χ2n) is 6.21. The SMILES string of the molecule is O=C(CCc1ccncc1)N1CCCCC1C1CCCN1.